The molecule has 3 N–H and O–H groups in total. The molecule has 1 heterocycles. The molecule has 0 aliphatic carbocycles. The van der Waals surface area contributed by atoms with E-state index in [2.05, 4.69) is 10.3 Å². The van der Waals surface area contributed by atoms with E-state index < -0.39 is 38.5 Å². The number of nitrogen functional groups attached to an aromatic ring is 1. The number of carbonyl (C=O) groups excluding carboxylic acids is 1. The molecule has 2 aromatic carbocycles. The first-order valence-corrected chi connectivity index (χ1v) is 9.93. The smallest absolute Gasteiger partial charge is 0.368 e. The molecule has 11 heteroatoms. The summed E-state index contributed by atoms with van der Waals surface area (Å²) in [4.78, 5) is 16.4. The lowest BCUT2D eigenvalue weighted by Crippen LogP contribution is -2.23. The molecule has 154 valence electrons. The molecule has 0 radical (unpaired) electrons. The van der Waals surface area contributed by atoms with Gasteiger partial charge in [-0.15, -0.1) is 0 Å². The molecule has 0 unspecified atom stereocenters. The van der Waals surface area contributed by atoms with Crippen molar-refractivity contribution in [2.45, 2.75) is 25.3 Å². The normalized spacial score (nSPS) is 12.5. The molecular formula is C18H17F3N4O3S. The van der Waals surface area contributed by atoms with Gasteiger partial charge >= 0.3 is 6.18 Å². The Morgan fingerprint density at radius 3 is 2.45 bits per heavy atom. The number of nitrogens with one attached hydrogen (secondary N) is 1. The molecule has 1 aromatic heterocycles. The van der Waals surface area contributed by atoms with Crippen LogP contribution in [0.25, 0.3) is 11.0 Å². The average Bonchev–Trinajstić information content (AvgIpc) is 2.96. The Kier molecular flexibility index (Phi) is 5.03. The molecule has 0 saturated heterocycles. The topological polar surface area (TPSA) is 107 Å². The molecule has 1 amide bonds. The summed E-state index contributed by atoms with van der Waals surface area (Å²) in [6.45, 7) is 2.99. The Hall–Kier alpha value is -3.08. The minimum atomic E-state index is -4.68. The number of nitrogens with zero attached hydrogens (tertiary/aromatic N) is 2. The zero-order valence-electron chi connectivity index (χ0n) is 15.4. The summed E-state index contributed by atoms with van der Waals surface area (Å²) in [5, 5.41) is 1.63. The first kappa shape index (κ1) is 20.6. The van der Waals surface area contributed by atoms with Crippen LogP contribution in [-0.4, -0.2) is 28.5 Å². The van der Waals surface area contributed by atoms with Gasteiger partial charge in [-0.1, -0.05) is 12.1 Å². The number of carbonyl (C=O) groups is 1. The first-order chi connectivity index (χ1) is 13.4. The number of nitrogens with two attached hydrogens (primary N) is 1. The molecule has 0 saturated carbocycles. The zero-order valence-corrected chi connectivity index (χ0v) is 16.2. The highest BCUT2D eigenvalue weighted by molar-refractivity contribution is 7.90. The van der Waals surface area contributed by atoms with Crippen molar-refractivity contribution in [3.63, 3.8) is 0 Å². The van der Waals surface area contributed by atoms with Gasteiger partial charge in [-0.2, -0.15) is 13.2 Å². The van der Waals surface area contributed by atoms with Crippen molar-refractivity contribution in [2.24, 2.45) is 0 Å². The number of anilines is 2. The summed E-state index contributed by atoms with van der Waals surface area (Å²) < 4.78 is 65.2. The Morgan fingerprint density at radius 1 is 1.17 bits per heavy atom. The van der Waals surface area contributed by atoms with Crippen molar-refractivity contribution in [3.8, 4) is 0 Å². The lowest BCUT2D eigenvalue weighted by Gasteiger charge is -2.13. The summed E-state index contributed by atoms with van der Waals surface area (Å²) in [6.07, 6.45) is -4.68. The highest BCUT2D eigenvalue weighted by atomic mass is 32.2. The molecular weight excluding hydrogens is 409 g/mol. The van der Waals surface area contributed by atoms with Crippen LogP contribution in [0, 0.1) is 0 Å². The van der Waals surface area contributed by atoms with Crippen LogP contribution >= 0.6 is 0 Å². The fourth-order valence-electron chi connectivity index (χ4n) is 2.76. The van der Waals surface area contributed by atoms with E-state index in [1.165, 1.54) is 44.2 Å². The second-order valence-corrected chi connectivity index (χ2v) is 8.87. The second kappa shape index (κ2) is 7.07. The number of rotatable bonds is 4. The van der Waals surface area contributed by atoms with E-state index in [1.54, 1.807) is 0 Å². The number of halogens is 3. The molecule has 0 bridgehead atoms. The van der Waals surface area contributed by atoms with E-state index in [9.17, 15) is 26.4 Å². The van der Waals surface area contributed by atoms with Gasteiger partial charge in [0.2, 0.25) is 16.0 Å². The van der Waals surface area contributed by atoms with Gasteiger partial charge in [0.1, 0.15) is 0 Å². The van der Waals surface area contributed by atoms with E-state index in [-0.39, 0.29) is 22.7 Å². The maximum Gasteiger partial charge on any atom is 0.417 e. The molecule has 3 aromatic rings. The van der Waals surface area contributed by atoms with Crippen molar-refractivity contribution in [3.05, 3.63) is 53.6 Å². The lowest BCUT2D eigenvalue weighted by atomic mass is 10.1. The third kappa shape index (κ3) is 3.77. The van der Waals surface area contributed by atoms with Crippen LogP contribution in [0.2, 0.25) is 0 Å². The van der Waals surface area contributed by atoms with E-state index in [1.807, 2.05) is 0 Å². The van der Waals surface area contributed by atoms with Gasteiger partial charge in [-0.05, 0) is 44.2 Å². The number of hydrogen-bond donors (Lipinski definition) is 2. The standard InChI is InChI=1S/C18H17F3N4O3S/c1-10(2)29(27,28)25-15-8-7-11(9-14(15)24-17(25)22)23-16(26)12-5-3-4-6-13(12)18(19,20)21/h3-10H,1-2H3,(H2,22,24)(H,23,26). The SMILES string of the molecule is CC(C)S(=O)(=O)n1c(N)nc2cc(NC(=O)c3ccccc3C(F)(F)F)ccc21. The van der Waals surface area contributed by atoms with Crippen molar-refractivity contribution < 1.29 is 26.4 Å². The third-order valence-electron chi connectivity index (χ3n) is 4.22. The van der Waals surface area contributed by atoms with Crippen molar-refractivity contribution in [2.75, 3.05) is 11.1 Å². The monoisotopic (exact) mass is 426 g/mol. The average molecular weight is 426 g/mol. The quantitative estimate of drug-likeness (QED) is 0.664. The lowest BCUT2D eigenvalue weighted by molar-refractivity contribution is -0.137. The highest BCUT2D eigenvalue weighted by Gasteiger charge is 2.35. The van der Waals surface area contributed by atoms with Gasteiger partial charge in [0, 0.05) is 5.69 Å². The molecule has 0 spiro atoms. The van der Waals surface area contributed by atoms with E-state index in [0.29, 0.717) is 0 Å². The molecule has 3 rings (SSSR count). The van der Waals surface area contributed by atoms with Crippen LogP contribution in [-0.2, 0) is 16.2 Å². The third-order valence-corrected chi connectivity index (χ3v) is 6.31. The minimum absolute atomic E-state index is 0.145. The molecule has 29 heavy (non-hydrogen) atoms. The van der Waals surface area contributed by atoms with Crippen molar-refractivity contribution >= 4 is 38.6 Å². The number of alkyl halides is 3. The minimum Gasteiger partial charge on any atom is -0.368 e. The number of fused-ring (bicyclic) bond motifs is 1. The van der Waals surface area contributed by atoms with Crippen molar-refractivity contribution in [1.82, 2.24) is 8.96 Å². The Labute approximate surface area is 164 Å². The van der Waals surface area contributed by atoms with Gasteiger partial charge in [-0.25, -0.2) is 17.4 Å². The predicted octanol–water partition coefficient (Wildman–Crippen LogP) is 3.48. The van der Waals surface area contributed by atoms with Crippen LogP contribution < -0.4 is 11.1 Å². The van der Waals surface area contributed by atoms with Crippen LogP contribution in [0.4, 0.5) is 24.8 Å². The van der Waals surface area contributed by atoms with Crippen LogP contribution in [0.15, 0.2) is 42.5 Å². The fraction of sp³-hybridized carbons (Fsp3) is 0.222. The highest BCUT2D eigenvalue weighted by Crippen LogP contribution is 2.32. The second-order valence-electron chi connectivity index (χ2n) is 6.53. The molecule has 0 fully saturated rings. The van der Waals surface area contributed by atoms with E-state index in [4.69, 9.17) is 5.73 Å². The Balaban J connectivity index is 1.99. The largest absolute Gasteiger partial charge is 0.417 e. The number of aromatic nitrogens is 2. The predicted molar refractivity (Wildman–Crippen MR) is 103 cm³/mol. The Morgan fingerprint density at radius 2 is 1.83 bits per heavy atom. The zero-order chi connectivity index (χ0) is 21.6. The summed E-state index contributed by atoms with van der Waals surface area (Å²) >= 11 is 0. The van der Waals surface area contributed by atoms with E-state index >= 15 is 0 Å². The van der Waals surface area contributed by atoms with Gasteiger partial charge in [0.05, 0.1) is 27.4 Å². The molecule has 0 aliphatic heterocycles. The maximum atomic E-state index is 13.1. The van der Waals surface area contributed by atoms with E-state index in [0.717, 1.165) is 16.1 Å². The number of imidazole rings is 1. The van der Waals surface area contributed by atoms with Crippen LogP contribution in [0.3, 0.4) is 0 Å². The van der Waals surface area contributed by atoms with Gasteiger partial charge in [-0.3, -0.25) is 4.79 Å². The van der Waals surface area contributed by atoms with Crippen LogP contribution in [0.1, 0.15) is 29.8 Å². The van der Waals surface area contributed by atoms with Crippen molar-refractivity contribution in [1.29, 1.82) is 0 Å². The maximum absolute atomic E-state index is 13.1. The summed E-state index contributed by atoms with van der Waals surface area (Å²) in [5.74, 6) is -1.21. The van der Waals surface area contributed by atoms with Crippen LogP contribution in [0.5, 0.6) is 0 Å². The number of amides is 1. The molecule has 0 atom stereocenters. The number of benzene rings is 2. The molecule has 0 aliphatic rings. The number of hydrogen-bond acceptors (Lipinski definition) is 5. The summed E-state index contributed by atoms with van der Waals surface area (Å²) in [7, 11) is -3.77. The summed E-state index contributed by atoms with van der Waals surface area (Å²) in [6, 6.07) is 8.48. The van der Waals surface area contributed by atoms with Gasteiger partial charge in [0.25, 0.3) is 5.91 Å². The summed E-state index contributed by atoms with van der Waals surface area (Å²) in [5.41, 5.74) is 4.67. The fourth-order valence-corrected chi connectivity index (χ4v) is 3.91. The van der Waals surface area contributed by atoms with Gasteiger partial charge in [0.15, 0.2) is 0 Å². The Bertz CT molecular complexity index is 1200. The first-order valence-electron chi connectivity index (χ1n) is 8.43. The molecule has 7 nitrogen and oxygen atoms in total. The van der Waals surface area contributed by atoms with Gasteiger partial charge < -0.3 is 11.1 Å².